The molecule has 0 bridgehead atoms. The maximum absolute atomic E-state index is 11.1. The molecular formula is C10H10N2O2. The fourth-order valence-corrected chi connectivity index (χ4v) is 1.39. The standard InChI is InChI=1S/C10H10N2O2/c1-6(2)9-7-3-4-11-5-8(7)14-10(13)12-9/h3-6H,1-2H3. The van der Waals surface area contributed by atoms with Crippen LogP contribution in [-0.4, -0.2) is 9.97 Å². The molecule has 0 aliphatic carbocycles. The van der Waals surface area contributed by atoms with Crippen LogP contribution in [0.1, 0.15) is 25.5 Å². The monoisotopic (exact) mass is 190 g/mol. The summed E-state index contributed by atoms with van der Waals surface area (Å²) >= 11 is 0. The second-order valence-corrected chi connectivity index (χ2v) is 3.39. The maximum atomic E-state index is 11.1. The zero-order valence-electron chi connectivity index (χ0n) is 8.02. The molecule has 0 atom stereocenters. The van der Waals surface area contributed by atoms with Crippen LogP contribution in [0, 0.1) is 0 Å². The van der Waals surface area contributed by atoms with Crippen LogP contribution < -0.4 is 5.76 Å². The van der Waals surface area contributed by atoms with Gasteiger partial charge < -0.3 is 4.42 Å². The second-order valence-electron chi connectivity index (χ2n) is 3.39. The number of nitrogens with zero attached hydrogens (tertiary/aromatic N) is 2. The van der Waals surface area contributed by atoms with Crippen molar-refractivity contribution >= 4 is 11.0 Å². The average Bonchev–Trinajstić information content (AvgIpc) is 2.16. The minimum Gasteiger partial charge on any atom is -0.406 e. The summed E-state index contributed by atoms with van der Waals surface area (Å²) in [4.78, 5) is 18.8. The minimum absolute atomic E-state index is 0.198. The highest BCUT2D eigenvalue weighted by Gasteiger charge is 2.09. The maximum Gasteiger partial charge on any atom is 0.439 e. The fraction of sp³-hybridized carbons (Fsp3) is 0.300. The van der Waals surface area contributed by atoms with Crippen LogP contribution in [0.2, 0.25) is 0 Å². The lowest BCUT2D eigenvalue weighted by Crippen LogP contribution is -2.09. The average molecular weight is 190 g/mol. The van der Waals surface area contributed by atoms with E-state index < -0.39 is 5.76 Å². The highest BCUT2D eigenvalue weighted by atomic mass is 16.4. The zero-order chi connectivity index (χ0) is 10.1. The van der Waals surface area contributed by atoms with Gasteiger partial charge in [-0.1, -0.05) is 13.8 Å². The molecule has 0 N–H and O–H groups in total. The first-order chi connectivity index (χ1) is 6.68. The smallest absolute Gasteiger partial charge is 0.406 e. The molecule has 2 aromatic heterocycles. The van der Waals surface area contributed by atoms with Crippen LogP contribution >= 0.6 is 0 Å². The largest absolute Gasteiger partial charge is 0.439 e. The minimum atomic E-state index is -0.561. The molecule has 14 heavy (non-hydrogen) atoms. The Bertz CT molecular complexity index is 517. The first kappa shape index (κ1) is 8.87. The SMILES string of the molecule is CC(C)c1nc(=O)oc2cnccc12. The van der Waals surface area contributed by atoms with Crippen molar-refractivity contribution in [3.05, 3.63) is 34.7 Å². The summed E-state index contributed by atoms with van der Waals surface area (Å²) in [5.74, 6) is -0.363. The van der Waals surface area contributed by atoms with E-state index in [1.165, 1.54) is 6.20 Å². The van der Waals surface area contributed by atoms with E-state index in [0.717, 1.165) is 11.1 Å². The number of pyridine rings is 1. The van der Waals surface area contributed by atoms with Crippen molar-refractivity contribution in [2.75, 3.05) is 0 Å². The Kier molecular flexibility index (Phi) is 2.04. The lowest BCUT2D eigenvalue weighted by molar-refractivity contribution is 0.522. The Labute approximate surface area is 80.6 Å². The van der Waals surface area contributed by atoms with Gasteiger partial charge >= 0.3 is 5.76 Å². The summed E-state index contributed by atoms with van der Waals surface area (Å²) in [7, 11) is 0. The third kappa shape index (κ3) is 1.39. The number of rotatable bonds is 1. The van der Waals surface area contributed by atoms with Gasteiger partial charge in [-0.3, -0.25) is 4.98 Å². The molecule has 72 valence electrons. The van der Waals surface area contributed by atoms with Crippen LogP contribution in [0.25, 0.3) is 11.0 Å². The number of aromatic nitrogens is 2. The quantitative estimate of drug-likeness (QED) is 0.686. The topological polar surface area (TPSA) is 56.0 Å². The highest BCUT2D eigenvalue weighted by Crippen LogP contribution is 2.20. The Morgan fingerprint density at radius 3 is 2.93 bits per heavy atom. The molecule has 4 heteroatoms. The van der Waals surface area contributed by atoms with E-state index in [2.05, 4.69) is 9.97 Å². The van der Waals surface area contributed by atoms with Crippen molar-refractivity contribution in [3.8, 4) is 0 Å². The van der Waals surface area contributed by atoms with Gasteiger partial charge in [0, 0.05) is 11.6 Å². The molecule has 2 aromatic rings. The predicted molar refractivity (Wildman–Crippen MR) is 52.2 cm³/mol. The van der Waals surface area contributed by atoms with E-state index in [0.29, 0.717) is 5.58 Å². The van der Waals surface area contributed by atoms with Crippen molar-refractivity contribution in [2.24, 2.45) is 0 Å². The van der Waals surface area contributed by atoms with Gasteiger partial charge in [-0.25, -0.2) is 4.79 Å². The molecule has 0 aliphatic rings. The molecule has 4 nitrogen and oxygen atoms in total. The van der Waals surface area contributed by atoms with Crippen LogP contribution in [0.3, 0.4) is 0 Å². The molecule has 0 saturated heterocycles. The molecule has 0 aliphatic heterocycles. The van der Waals surface area contributed by atoms with E-state index in [1.807, 2.05) is 13.8 Å². The van der Waals surface area contributed by atoms with Gasteiger partial charge in [0.05, 0.1) is 11.9 Å². The third-order valence-electron chi connectivity index (χ3n) is 2.02. The van der Waals surface area contributed by atoms with Crippen LogP contribution in [0.4, 0.5) is 0 Å². The fourth-order valence-electron chi connectivity index (χ4n) is 1.39. The normalized spacial score (nSPS) is 11.1. The van der Waals surface area contributed by atoms with Gasteiger partial charge in [0.15, 0.2) is 5.58 Å². The lowest BCUT2D eigenvalue weighted by Gasteiger charge is -2.05. The molecule has 2 heterocycles. The molecule has 0 spiro atoms. The van der Waals surface area contributed by atoms with Crippen molar-refractivity contribution < 1.29 is 4.42 Å². The molecule has 0 fully saturated rings. The van der Waals surface area contributed by atoms with E-state index >= 15 is 0 Å². The summed E-state index contributed by atoms with van der Waals surface area (Å²) in [5, 5.41) is 0.856. The van der Waals surface area contributed by atoms with Gasteiger partial charge in [-0.05, 0) is 12.0 Å². The van der Waals surface area contributed by atoms with E-state index in [1.54, 1.807) is 12.3 Å². The predicted octanol–water partition coefficient (Wildman–Crippen LogP) is 1.71. The Morgan fingerprint density at radius 1 is 1.43 bits per heavy atom. The van der Waals surface area contributed by atoms with Crippen molar-refractivity contribution in [1.29, 1.82) is 0 Å². The molecule has 0 saturated carbocycles. The molecule has 2 rings (SSSR count). The molecule has 0 aromatic carbocycles. The van der Waals surface area contributed by atoms with Gasteiger partial charge in [0.25, 0.3) is 0 Å². The van der Waals surface area contributed by atoms with Crippen molar-refractivity contribution in [1.82, 2.24) is 9.97 Å². The highest BCUT2D eigenvalue weighted by molar-refractivity contribution is 5.78. The summed E-state index contributed by atoms with van der Waals surface area (Å²) in [6.45, 7) is 3.98. The number of hydrogen-bond donors (Lipinski definition) is 0. The Morgan fingerprint density at radius 2 is 2.21 bits per heavy atom. The first-order valence-corrected chi connectivity index (χ1v) is 4.43. The van der Waals surface area contributed by atoms with Gasteiger partial charge in [0.2, 0.25) is 0 Å². The summed E-state index contributed by atoms with van der Waals surface area (Å²) in [6.07, 6.45) is 3.19. The van der Waals surface area contributed by atoms with Crippen LogP contribution in [0.15, 0.2) is 27.7 Å². The van der Waals surface area contributed by atoms with Crippen LogP contribution in [0.5, 0.6) is 0 Å². The zero-order valence-corrected chi connectivity index (χ0v) is 8.02. The van der Waals surface area contributed by atoms with Crippen molar-refractivity contribution in [3.63, 3.8) is 0 Å². The molecule has 0 amide bonds. The number of hydrogen-bond acceptors (Lipinski definition) is 4. The van der Waals surface area contributed by atoms with E-state index in [-0.39, 0.29) is 5.92 Å². The molecule has 0 radical (unpaired) electrons. The molecule has 0 unspecified atom stereocenters. The van der Waals surface area contributed by atoms with Crippen LogP contribution in [-0.2, 0) is 0 Å². The van der Waals surface area contributed by atoms with Gasteiger partial charge in [-0.2, -0.15) is 4.98 Å². The van der Waals surface area contributed by atoms with E-state index in [4.69, 9.17) is 4.42 Å². The summed E-state index contributed by atoms with van der Waals surface area (Å²) < 4.78 is 4.92. The summed E-state index contributed by atoms with van der Waals surface area (Å²) in [5.41, 5.74) is 1.26. The second kappa shape index (κ2) is 3.21. The van der Waals surface area contributed by atoms with Gasteiger partial charge in [0.1, 0.15) is 0 Å². The third-order valence-corrected chi connectivity index (χ3v) is 2.02. The Hall–Kier alpha value is -1.71. The first-order valence-electron chi connectivity index (χ1n) is 4.43. The lowest BCUT2D eigenvalue weighted by atomic mass is 10.1. The van der Waals surface area contributed by atoms with E-state index in [9.17, 15) is 4.79 Å². The molecular weight excluding hydrogens is 180 g/mol. The number of fused-ring (bicyclic) bond motifs is 1. The Balaban J connectivity index is 2.87. The summed E-state index contributed by atoms with van der Waals surface area (Å²) in [6, 6.07) is 1.81. The van der Waals surface area contributed by atoms with Gasteiger partial charge in [-0.15, -0.1) is 0 Å². The van der Waals surface area contributed by atoms with Crippen molar-refractivity contribution in [2.45, 2.75) is 19.8 Å².